The molecule has 39 heavy (non-hydrogen) atoms. The number of amides is 2. The molecule has 0 bridgehead atoms. The summed E-state index contributed by atoms with van der Waals surface area (Å²) < 4.78 is 11.5. The Morgan fingerprint density at radius 2 is 1.69 bits per heavy atom. The number of carbonyl (C=O) groups excluding carboxylic acids is 2. The Kier molecular flexibility index (Phi) is 7.30. The van der Waals surface area contributed by atoms with Crippen molar-refractivity contribution < 1.29 is 19.1 Å². The predicted molar refractivity (Wildman–Crippen MR) is 148 cm³/mol. The first-order chi connectivity index (χ1) is 18.8. The van der Waals surface area contributed by atoms with Gasteiger partial charge in [0.1, 0.15) is 19.1 Å². The molecule has 0 saturated carbocycles. The van der Waals surface area contributed by atoms with Gasteiger partial charge in [0.2, 0.25) is 5.91 Å². The molecule has 0 saturated heterocycles. The summed E-state index contributed by atoms with van der Waals surface area (Å²) in [4.78, 5) is 34.8. The minimum atomic E-state index is -0.700. The SMILES string of the molecule is CN(C)CCN(C)C(=O)c1ccc(N=C(c2ccc3c(c2)OCCO3)C2C(=O)Nc3cc(C#N)ccc32)cc1. The molecule has 9 heteroatoms. The molecular weight excluding hydrogens is 494 g/mol. The Morgan fingerprint density at radius 3 is 2.41 bits per heavy atom. The molecule has 198 valence electrons. The number of ether oxygens (including phenoxy) is 2. The first-order valence-corrected chi connectivity index (χ1v) is 12.7. The van der Waals surface area contributed by atoms with E-state index in [-0.39, 0.29) is 11.8 Å². The van der Waals surface area contributed by atoms with Crippen molar-refractivity contribution in [1.29, 1.82) is 5.26 Å². The summed E-state index contributed by atoms with van der Waals surface area (Å²) in [6.45, 7) is 2.29. The lowest BCUT2D eigenvalue weighted by atomic mass is 9.90. The summed E-state index contributed by atoms with van der Waals surface area (Å²) in [7, 11) is 5.72. The lowest BCUT2D eigenvalue weighted by molar-refractivity contribution is -0.115. The molecule has 2 aliphatic rings. The minimum absolute atomic E-state index is 0.0724. The predicted octanol–water partition coefficient (Wildman–Crippen LogP) is 3.82. The van der Waals surface area contributed by atoms with Gasteiger partial charge in [-0.2, -0.15) is 5.26 Å². The van der Waals surface area contributed by atoms with Gasteiger partial charge in [-0.1, -0.05) is 6.07 Å². The summed E-state index contributed by atoms with van der Waals surface area (Å²) in [6.07, 6.45) is 0. The van der Waals surface area contributed by atoms with Gasteiger partial charge in [0.05, 0.1) is 23.0 Å². The summed E-state index contributed by atoms with van der Waals surface area (Å²) >= 11 is 0. The topological polar surface area (TPSA) is 107 Å². The molecule has 1 unspecified atom stereocenters. The minimum Gasteiger partial charge on any atom is -0.486 e. The van der Waals surface area contributed by atoms with E-state index in [1.807, 2.05) is 37.2 Å². The third-order valence-corrected chi connectivity index (χ3v) is 6.72. The highest BCUT2D eigenvalue weighted by Gasteiger charge is 2.36. The van der Waals surface area contributed by atoms with Gasteiger partial charge < -0.3 is 24.6 Å². The van der Waals surface area contributed by atoms with Crippen LogP contribution in [0, 0.1) is 11.3 Å². The number of rotatable bonds is 7. The summed E-state index contributed by atoms with van der Waals surface area (Å²) in [5, 5.41) is 12.2. The van der Waals surface area contributed by atoms with Gasteiger partial charge in [-0.3, -0.25) is 14.6 Å². The second-order valence-corrected chi connectivity index (χ2v) is 9.77. The smallest absolute Gasteiger partial charge is 0.253 e. The zero-order valence-corrected chi connectivity index (χ0v) is 22.1. The molecular formula is C30H29N5O4. The van der Waals surface area contributed by atoms with Crippen molar-refractivity contribution in [3.63, 3.8) is 0 Å². The molecule has 0 aliphatic carbocycles. The van der Waals surface area contributed by atoms with Crippen molar-refractivity contribution in [2.45, 2.75) is 5.92 Å². The number of fused-ring (bicyclic) bond motifs is 2. The lowest BCUT2D eigenvalue weighted by Gasteiger charge is -2.21. The van der Waals surface area contributed by atoms with Crippen LogP contribution in [0.5, 0.6) is 11.5 Å². The van der Waals surface area contributed by atoms with Crippen molar-refractivity contribution in [3.8, 4) is 17.6 Å². The Hall–Kier alpha value is -4.68. The fourth-order valence-electron chi connectivity index (χ4n) is 4.59. The Labute approximate surface area is 227 Å². The molecule has 1 atom stereocenters. The number of nitrogens with zero attached hydrogens (tertiary/aromatic N) is 4. The molecule has 2 amide bonds. The number of hydrogen-bond donors (Lipinski definition) is 1. The third kappa shape index (κ3) is 5.47. The van der Waals surface area contributed by atoms with Gasteiger partial charge >= 0.3 is 0 Å². The molecule has 0 radical (unpaired) electrons. The van der Waals surface area contributed by atoms with Crippen LogP contribution in [0.25, 0.3) is 0 Å². The Morgan fingerprint density at radius 1 is 0.974 bits per heavy atom. The average molecular weight is 524 g/mol. The van der Waals surface area contributed by atoms with Crippen molar-refractivity contribution in [1.82, 2.24) is 9.80 Å². The number of carbonyl (C=O) groups is 2. The number of aliphatic imine (C=N–C) groups is 1. The van der Waals surface area contributed by atoms with E-state index in [2.05, 4.69) is 11.4 Å². The zero-order valence-electron chi connectivity index (χ0n) is 22.1. The lowest BCUT2D eigenvalue weighted by Crippen LogP contribution is -2.33. The van der Waals surface area contributed by atoms with E-state index in [9.17, 15) is 14.9 Å². The quantitative estimate of drug-likeness (QED) is 0.472. The van der Waals surface area contributed by atoms with Crippen LogP contribution in [0.2, 0.25) is 0 Å². The highest BCUT2D eigenvalue weighted by atomic mass is 16.6. The van der Waals surface area contributed by atoms with Crippen molar-refractivity contribution >= 4 is 28.9 Å². The molecule has 0 spiro atoms. The van der Waals surface area contributed by atoms with E-state index in [4.69, 9.17) is 14.5 Å². The van der Waals surface area contributed by atoms with Crippen LogP contribution in [-0.4, -0.2) is 74.8 Å². The number of benzene rings is 3. The molecule has 0 fully saturated rings. The van der Waals surface area contributed by atoms with E-state index < -0.39 is 5.92 Å². The summed E-state index contributed by atoms with van der Waals surface area (Å²) in [6, 6.07) is 19.8. The molecule has 0 aromatic heterocycles. The van der Waals surface area contributed by atoms with Crippen molar-refractivity contribution in [2.75, 3.05) is 52.8 Å². The molecule has 3 aromatic rings. The second kappa shape index (κ2) is 11.0. The first-order valence-electron chi connectivity index (χ1n) is 12.7. The van der Waals surface area contributed by atoms with Crippen LogP contribution in [0.1, 0.15) is 33.0 Å². The third-order valence-electron chi connectivity index (χ3n) is 6.72. The van der Waals surface area contributed by atoms with E-state index >= 15 is 0 Å². The fourth-order valence-corrected chi connectivity index (χ4v) is 4.59. The Balaban J connectivity index is 1.52. The van der Waals surface area contributed by atoms with Gasteiger partial charge in [0.15, 0.2) is 11.5 Å². The first kappa shape index (κ1) is 25.9. The standard InChI is InChI=1S/C30H29N5O4/c1-34(2)12-13-35(3)30(37)20-5-8-22(9-6-20)32-28(21-7-11-25-26(17-21)39-15-14-38-25)27-23-10-4-19(18-31)16-24(23)33-29(27)36/h4-11,16-17,27H,12-15H2,1-3H3,(H,33,36). The maximum atomic E-state index is 13.3. The van der Waals surface area contributed by atoms with Gasteiger partial charge in [-0.05, 0) is 74.3 Å². The maximum absolute atomic E-state index is 13.3. The van der Waals surface area contributed by atoms with Crippen molar-refractivity contribution in [2.24, 2.45) is 4.99 Å². The van der Waals surface area contributed by atoms with Crippen LogP contribution in [-0.2, 0) is 4.79 Å². The summed E-state index contributed by atoms with van der Waals surface area (Å²) in [5.41, 5.74) is 4.18. The number of nitriles is 1. The molecule has 5 rings (SSSR count). The fraction of sp³-hybridized carbons (Fsp3) is 0.267. The maximum Gasteiger partial charge on any atom is 0.253 e. The number of hydrogen-bond acceptors (Lipinski definition) is 7. The van der Waals surface area contributed by atoms with Gasteiger partial charge in [0, 0.05) is 37.0 Å². The van der Waals surface area contributed by atoms with Crippen LogP contribution >= 0.6 is 0 Å². The number of likely N-dealkylation sites (N-methyl/N-ethyl adjacent to an activating group) is 2. The number of nitrogens with one attached hydrogen (secondary N) is 1. The molecule has 2 aliphatic heterocycles. The summed E-state index contributed by atoms with van der Waals surface area (Å²) in [5.74, 6) is 0.223. The van der Waals surface area contributed by atoms with E-state index in [1.165, 1.54) is 0 Å². The molecule has 2 heterocycles. The van der Waals surface area contributed by atoms with Crippen LogP contribution in [0.4, 0.5) is 11.4 Å². The molecule has 3 aromatic carbocycles. The Bertz CT molecular complexity index is 1490. The molecule has 1 N–H and O–H groups in total. The van der Waals surface area contributed by atoms with E-state index in [0.29, 0.717) is 65.0 Å². The van der Waals surface area contributed by atoms with Gasteiger partial charge in [-0.15, -0.1) is 0 Å². The van der Waals surface area contributed by atoms with Crippen LogP contribution < -0.4 is 14.8 Å². The molecule has 9 nitrogen and oxygen atoms in total. The highest BCUT2D eigenvalue weighted by molar-refractivity contribution is 6.24. The largest absolute Gasteiger partial charge is 0.486 e. The highest BCUT2D eigenvalue weighted by Crippen LogP contribution is 2.39. The second-order valence-electron chi connectivity index (χ2n) is 9.77. The average Bonchev–Trinajstić information content (AvgIpc) is 3.28. The van der Waals surface area contributed by atoms with Crippen molar-refractivity contribution in [3.05, 3.63) is 82.9 Å². The van der Waals surface area contributed by atoms with E-state index in [1.54, 1.807) is 54.4 Å². The van der Waals surface area contributed by atoms with Gasteiger partial charge in [-0.25, -0.2) is 0 Å². The van der Waals surface area contributed by atoms with Crippen LogP contribution in [0.15, 0.2) is 65.7 Å². The normalized spacial score (nSPS) is 15.9. The van der Waals surface area contributed by atoms with E-state index in [0.717, 1.165) is 12.1 Å². The van der Waals surface area contributed by atoms with Crippen LogP contribution in [0.3, 0.4) is 0 Å². The number of anilines is 1. The zero-order chi connectivity index (χ0) is 27.5. The van der Waals surface area contributed by atoms with Gasteiger partial charge in [0.25, 0.3) is 5.91 Å². The monoisotopic (exact) mass is 523 g/mol.